The molecule has 0 aliphatic carbocycles. The summed E-state index contributed by atoms with van der Waals surface area (Å²) in [6.45, 7) is 4.41. The van der Waals surface area contributed by atoms with Crippen LogP contribution in [0.3, 0.4) is 0 Å². The third-order valence-corrected chi connectivity index (χ3v) is 5.88. The van der Waals surface area contributed by atoms with Crippen molar-refractivity contribution in [2.45, 2.75) is 26.9 Å². The molecule has 1 heterocycles. The van der Waals surface area contributed by atoms with E-state index in [1.165, 1.54) is 10.6 Å². The van der Waals surface area contributed by atoms with Crippen molar-refractivity contribution in [3.63, 3.8) is 0 Å². The van der Waals surface area contributed by atoms with E-state index >= 15 is 0 Å². The fourth-order valence-electron chi connectivity index (χ4n) is 3.08. The van der Waals surface area contributed by atoms with E-state index in [1.807, 2.05) is 44.2 Å². The van der Waals surface area contributed by atoms with E-state index in [1.54, 1.807) is 36.7 Å². The van der Waals surface area contributed by atoms with Gasteiger partial charge in [-0.15, -0.1) is 0 Å². The number of aromatic nitrogens is 1. The van der Waals surface area contributed by atoms with Crippen molar-refractivity contribution in [2.24, 2.45) is 0 Å². The molecule has 7 heteroatoms. The number of carbonyl (C=O) groups excluding carboxylic acids is 1. The second-order valence-electron chi connectivity index (χ2n) is 7.30. The number of amides is 1. The van der Waals surface area contributed by atoms with E-state index in [-0.39, 0.29) is 12.5 Å². The van der Waals surface area contributed by atoms with Gasteiger partial charge in [0.15, 0.2) is 0 Å². The molecule has 0 radical (unpaired) electrons. The third-order valence-electron chi connectivity index (χ3n) is 4.75. The minimum absolute atomic E-state index is 0.195. The lowest BCUT2D eigenvalue weighted by Crippen LogP contribution is -2.30. The molecule has 0 saturated carbocycles. The summed E-state index contributed by atoms with van der Waals surface area (Å²) in [7, 11) is -3.47. The van der Waals surface area contributed by atoms with Gasteiger partial charge in [0.05, 0.1) is 18.5 Å². The SMILES string of the molecule is Cc1ccc(C)c(N(Cc2ccc(C(=O)NCc3cccnc3)cc2)S(C)(=O)=O)c1. The Morgan fingerprint density at radius 1 is 1.03 bits per heavy atom. The van der Waals surface area contributed by atoms with Gasteiger partial charge in [-0.1, -0.05) is 30.3 Å². The lowest BCUT2D eigenvalue weighted by atomic mass is 10.1. The molecule has 2 aromatic carbocycles. The smallest absolute Gasteiger partial charge is 0.251 e. The summed E-state index contributed by atoms with van der Waals surface area (Å²) >= 11 is 0. The molecule has 1 amide bonds. The maximum Gasteiger partial charge on any atom is 0.251 e. The summed E-state index contributed by atoms with van der Waals surface area (Å²) in [4.78, 5) is 16.4. The van der Waals surface area contributed by atoms with Crippen molar-refractivity contribution in [3.05, 3.63) is 94.8 Å². The van der Waals surface area contributed by atoms with Gasteiger partial charge in [0.1, 0.15) is 0 Å². The average molecular weight is 424 g/mol. The highest BCUT2D eigenvalue weighted by molar-refractivity contribution is 7.92. The molecule has 1 N–H and O–H groups in total. The van der Waals surface area contributed by atoms with Crippen LogP contribution in [0, 0.1) is 13.8 Å². The Hall–Kier alpha value is -3.19. The Balaban J connectivity index is 1.74. The van der Waals surface area contributed by atoms with Crippen LogP contribution in [-0.2, 0) is 23.1 Å². The number of pyridine rings is 1. The zero-order chi connectivity index (χ0) is 21.7. The van der Waals surface area contributed by atoms with Crippen LogP contribution in [-0.4, -0.2) is 25.6 Å². The first-order valence-electron chi connectivity index (χ1n) is 9.55. The van der Waals surface area contributed by atoms with Gasteiger partial charge in [-0.2, -0.15) is 0 Å². The number of nitrogens with one attached hydrogen (secondary N) is 1. The second kappa shape index (κ2) is 9.09. The van der Waals surface area contributed by atoms with E-state index < -0.39 is 10.0 Å². The van der Waals surface area contributed by atoms with Crippen molar-refractivity contribution >= 4 is 21.6 Å². The molecule has 0 atom stereocenters. The van der Waals surface area contributed by atoms with Crippen LogP contribution in [0.2, 0.25) is 0 Å². The van der Waals surface area contributed by atoms with Crippen LogP contribution < -0.4 is 9.62 Å². The number of nitrogens with zero attached hydrogens (tertiary/aromatic N) is 2. The first kappa shape index (κ1) is 21.5. The molecular formula is C23H25N3O3S. The van der Waals surface area contributed by atoms with Gasteiger partial charge in [-0.3, -0.25) is 14.1 Å². The van der Waals surface area contributed by atoms with Crippen LogP contribution in [0.4, 0.5) is 5.69 Å². The zero-order valence-electron chi connectivity index (χ0n) is 17.3. The van der Waals surface area contributed by atoms with Crippen LogP contribution >= 0.6 is 0 Å². The molecule has 0 bridgehead atoms. The van der Waals surface area contributed by atoms with Crippen molar-refractivity contribution in [2.75, 3.05) is 10.6 Å². The van der Waals surface area contributed by atoms with Gasteiger partial charge >= 0.3 is 0 Å². The van der Waals surface area contributed by atoms with Crippen molar-refractivity contribution in [3.8, 4) is 0 Å². The standard InChI is InChI=1S/C23H25N3O3S/c1-17-6-7-18(2)22(13-17)26(30(3,28)29)16-19-8-10-21(11-9-19)23(27)25-15-20-5-4-12-24-14-20/h4-14H,15-16H2,1-3H3,(H,25,27). The van der Waals surface area contributed by atoms with Gasteiger partial charge in [0.25, 0.3) is 5.91 Å². The Kier molecular flexibility index (Phi) is 6.52. The Labute approximate surface area is 177 Å². The highest BCUT2D eigenvalue weighted by atomic mass is 32.2. The van der Waals surface area contributed by atoms with Crippen LogP contribution in [0.25, 0.3) is 0 Å². The number of sulfonamides is 1. The van der Waals surface area contributed by atoms with Gasteiger partial charge in [0, 0.05) is 24.5 Å². The molecule has 3 aromatic rings. The number of hydrogen-bond acceptors (Lipinski definition) is 4. The molecule has 0 unspecified atom stereocenters. The normalized spacial score (nSPS) is 11.2. The van der Waals surface area contributed by atoms with Gasteiger partial charge in [-0.25, -0.2) is 8.42 Å². The summed E-state index contributed by atoms with van der Waals surface area (Å²) in [5.41, 5.74) is 4.77. The van der Waals surface area contributed by atoms with Crippen LogP contribution in [0.5, 0.6) is 0 Å². The predicted molar refractivity (Wildman–Crippen MR) is 119 cm³/mol. The summed E-state index contributed by atoms with van der Waals surface area (Å²) in [5.74, 6) is -0.195. The zero-order valence-corrected chi connectivity index (χ0v) is 18.1. The number of anilines is 1. The molecule has 1 aromatic heterocycles. The van der Waals surface area contributed by atoms with Crippen LogP contribution in [0.15, 0.2) is 67.0 Å². The summed E-state index contributed by atoms with van der Waals surface area (Å²) < 4.78 is 26.3. The summed E-state index contributed by atoms with van der Waals surface area (Å²) in [6.07, 6.45) is 4.59. The minimum Gasteiger partial charge on any atom is -0.348 e. The number of aryl methyl sites for hydroxylation is 2. The Morgan fingerprint density at radius 2 is 1.77 bits per heavy atom. The van der Waals surface area contributed by atoms with Crippen molar-refractivity contribution < 1.29 is 13.2 Å². The lowest BCUT2D eigenvalue weighted by Gasteiger charge is -2.25. The number of benzene rings is 2. The second-order valence-corrected chi connectivity index (χ2v) is 9.21. The topological polar surface area (TPSA) is 79.4 Å². The van der Waals surface area contributed by atoms with E-state index in [4.69, 9.17) is 0 Å². The maximum atomic E-state index is 12.5. The lowest BCUT2D eigenvalue weighted by molar-refractivity contribution is 0.0951. The molecule has 0 fully saturated rings. The number of hydrogen-bond donors (Lipinski definition) is 1. The molecule has 0 aliphatic rings. The molecular weight excluding hydrogens is 398 g/mol. The highest BCUT2D eigenvalue weighted by Crippen LogP contribution is 2.26. The maximum absolute atomic E-state index is 12.5. The fraction of sp³-hybridized carbons (Fsp3) is 0.217. The highest BCUT2D eigenvalue weighted by Gasteiger charge is 2.20. The molecule has 30 heavy (non-hydrogen) atoms. The quantitative estimate of drug-likeness (QED) is 0.630. The first-order valence-corrected chi connectivity index (χ1v) is 11.4. The average Bonchev–Trinajstić information content (AvgIpc) is 2.72. The van der Waals surface area contributed by atoms with Crippen molar-refractivity contribution in [1.82, 2.24) is 10.3 Å². The fourth-order valence-corrected chi connectivity index (χ4v) is 4.02. The largest absolute Gasteiger partial charge is 0.348 e. The molecule has 0 spiro atoms. The molecule has 156 valence electrons. The molecule has 3 rings (SSSR count). The summed E-state index contributed by atoms with van der Waals surface area (Å²) in [5, 5.41) is 2.85. The van der Waals surface area contributed by atoms with E-state index in [2.05, 4.69) is 10.3 Å². The predicted octanol–water partition coefficient (Wildman–Crippen LogP) is 3.59. The van der Waals surface area contributed by atoms with E-state index in [0.29, 0.717) is 17.8 Å². The monoisotopic (exact) mass is 423 g/mol. The minimum atomic E-state index is -3.47. The van der Waals surface area contributed by atoms with Gasteiger partial charge in [-0.05, 0) is 60.4 Å². The van der Waals surface area contributed by atoms with Gasteiger partial charge < -0.3 is 5.32 Å². The van der Waals surface area contributed by atoms with E-state index in [0.717, 1.165) is 22.3 Å². The molecule has 0 saturated heterocycles. The van der Waals surface area contributed by atoms with Crippen molar-refractivity contribution in [1.29, 1.82) is 0 Å². The van der Waals surface area contributed by atoms with E-state index in [9.17, 15) is 13.2 Å². The van der Waals surface area contributed by atoms with Crippen LogP contribution in [0.1, 0.15) is 32.6 Å². The number of rotatable bonds is 7. The first-order chi connectivity index (χ1) is 14.2. The molecule has 6 nitrogen and oxygen atoms in total. The Morgan fingerprint density at radius 3 is 2.40 bits per heavy atom. The summed E-state index contributed by atoms with van der Waals surface area (Å²) in [6, 6.07) is 16.4. The Bertz CT molecular complexity index is 1130. The third kappa shape index (κ3) is 5.45. The molecule has 0 aliphatic heterocycles. The number of carbonyl (C=O) groups is 1. The van der Waals surface area contributed by atoms with Gasteiger partial charge in [0.2, 0.25) is 10.0 Å².